The van der Waals surface area contributed by atoms with Gasteiger partial charge in [0.25, 0.3) is 0 Å². The van der Waals surface area contributed by atoms with Gasteiger partial charge < -0.3 is 20.3 Å². The largest absolute Gasteiger partial charge is 0.497 e. The predicted octanol–water partition coefficient (Wildman–Crippen LogP) is 1.15. The van der Waals surface area contributed by atoms with Crippen LogP contribution in [0.25, 0.3) is 0 Å². The number of hydrogen-bond donors (Lipinski definition) is 2. The molecule has 1 amide bonds. The minimum atomic E-state index is 0.0229. The Kier molecular flexibility index (Phi) is 5.41. The number of benzene rings is 1. The highest BCUT2D eigenvalue weighted by Gasteiger charge is 2.31. The van der Waals surface area contributed by atoms with E-state index in [2.05, 4.69) is 22.2 Å². The van der Waals surface area contributed by atoms with Crippen molar-refractivity contribution in [3.8, 4) is 5.75 Å². The molecule has 0 aliphatic carbocycles. The van der Waals surface area contributed by atoms with Crippen molar-refractivity contribution in [1.82, 2.24) is 10.6 Å². The van der Waals surface area contributed by atoms with Crippen molar-refractivity contribution >= 4 is 17.6 Å². The third kappa shape index (κ3) is 3.78. The number of carbonyl (C=O) groups is 1. The fourth-order valence-corrected chi connectivity index (χ4v) is 2.39. The zero-order chi connectivity index (χ0) is 15.9. The molecule has 2 rings (SSSR count). The lowest BCUT2D eigenvalue weighted by Gasteiger charge is -2.19. The number of nitrogens with one attached hydrogen (secondary N) is 2. The van der Waals surface area contributed by atoms with E-state index in [0.717, 1.165) is 11.4 Å². The Morgan fingerprint density at radius 1 is 1.59 bits per heavy atom. The lowest BCUT2D eigenvalue weighted by atomic mass is 10.2. The molecule has 0 aromatic heterocycles. The Balaban J connectivity index is 2.02. The molecule has 1 aliphatic rings. The zero-order valence-electron chi connectivity index (χ0n) is 13.0. The van der Waals surface area contributed by atoms with Gasteiger partial charge in [0.05, 0.1) is 13.2 Å². The van der Waals surface area contributed by atoms with Crippen LogP contribution in [0.5, 0.6) is 5.75 Å². The monoisotopic (exact) mass is 302 g/mol. The van der Waals surface area contributed by atoms with E-state index in [1.165, 1.54) is 0 Å². The maximum atomic E-state index is 12.2. The van der Waals surface area contributed by atoms with E-state index in [9.17, 15) is 4.79 Å². The summed E-state index contributed by atoms with van der Waals surface area (Å²) in [5.41, 5.74) is 0.850. The number of hydrogen-bond acceptors (Lipinski definition) is 3. The molecule has 1 atom stereocenters. The molecule has 0 saturated carbocycles. The van der Waals surface area contributed by atoms with Crippen molar-refractivity contribution in [2.45, 2.75) is 12.5 Å². The Labute approximate surface area is 130 Å². The summed E-state index contributed by atoms with van der Waals surface area (Å²) < 4.78 is 5.21. The summed E-state index contributed by atoms with van der Waals surface area (Å²) in [7, 11) is 3.32. The Morgan fingerprint density at radius 3 is 3.09 bits per heavy atom. The average molecular weight is 302 g/mol. The van der Waals surface area contributed by atoms with E-state index in [0.29, 0.717) is 25.5 Å². The van der Waals surface area contributed by atoms with Gasteiger partial charge in [-0.2, -0.15) is 0 Å². The van der Waals surface area contributed by atoms with Gasteiger partial charge in [-0.25, -0.2) is 0 Å². The van der Waals surface area contributed by atoms with Gasteiger partial charge in [0, 0.05) is 38.3 Å². The van der Waals surface area contributed by atoms with Crippen molar-refractivity contribution in [2.75, 3.05) is 32.1 Å². The third-order valence-electron chi connectivity index (χ3n) is 3.47. The van der Waals surface area contributed by atoms with Crippen LogP contribution in [-0.2, 0) is 4.79 Å². The number of anilines is 1. The van der Waals surface area contributed by atoms with Crippen LogP contribution in [0.15, 0.2) is 41.9 Å². The lowest BCUT2D eigenvalue weighted by molar-refractivity contribution is -0.117. The van der Waals surface area contributed by atoms with Crippen molar-refractivity contribution in [2.24, 2.45) is 4.99 Å². The average Bonchev–Trinajstić information content (AvgIpc) is 2.92. The Bertz CT molecular complexity index is 571. The number of aliphatic imine (C=N–C) groups is 1. The molecule has 6 heteroatoms. The maximum absolute atomic E-state index is 12.2. The van der Waals surface area contributed by atoms with Crippen LogP contribution in [0.3, 0.4) is 0 Å². The molecule has 1 aromatic rings. The number of nitrogens with zero attached hydrogens (tertiary/aromatic N) is 2. The van der Waals surface area contributed by atoms with Gasteiger partial charge in [-0.15, -0.1) is 6.58 Å². The molecule has 118 valence electrons. The summed E-state index contributed by atoms with van der Waals surface area (Å²) in [6.07, 6.45) is 2.20. The third-order valence-corrected chi connectivity index (χ3v) is 3.47. The fourth-order valence-electron chi connectivity index (χ4n) is 2.39. The van der Waals surface area contributed by atoms with Crippen molar-refractivity contribution in [1.29, 1.82) is 0 Å². The standard InChI is InChI=1S/C16H22N4O2/c1-4-8-18-16(17-2)19-12-9-15(21)20(11-12)13-6-5-7-14(10-13)22-3/h4-7,10,12H,1,8-9,11H2,2-3H3,(H2,17,18,19). The highest BCUT2D eigenvalue weighted by molar-refractivity contribution is 5.97. The molecule has 1 unspecified atom stereocenters. The predicted molar refractivity (Wildman–Crippen MR) is 88.4 cm³/mol. The number of ether oxygens (including phenoxy) is 1. The van der Waals surface area contributed by atoms with Crippen molar-refractivity contribution in [3.63, 3.8) is 0 Å². The second-order valence-corrected chi connectivity index (χ2v) is 4.99. The van der Waals surface area contributed by atoms with Gasteiger partial charge in [0.15, 0.2) is 5.96 Å². The SMILES string of the molecule is C=CCNC(=NC)NC1CC(=O)N(c2cccc(OC)c2)C1. The number of rotatable bonds is 5. The molecule has 6 nitrogen and oxygen atoms in total. The molecule has 0 bridgehead atoms. The van der Waals surface area contributed by atoms with E-state index in [1.54, 1.807) is 25.1 Å². The summed E-state index contributed by atoms with van der Waals surface area (Å²) in [6, 6.07) is 7.54. The number of guanidine groups is 1. The molecule has 0 spiro atoms. The number of amides is 1. The van der Waals surface area contributed by atoms with Crippen LogP contribution in [0, 0.1) is 0 Å². The minimum absolute atomic E-state index is 0.0229. The second kappa shape index (κ2) is 7.49. The Hall–Kier alpha value is -2.50. The molecule has 1 saturated heterocycles. The van der Waals surface area contributed by atoms with Crippen LogP contribution in [0.1, 0.15) is 6.42 Å². The van der Waals surface area contributed by atoms with Gasteiger partial charge in [0.1, 0.15) is 5.75 Å². The minimum Gasteiger partial charge on any atom is -0.497 e. The topological polar surface area (TPSA) is 66.0 Å². The van der Waals surface area contributed by atoms with E-state index >= 15 is 0 Å². The molecule has 1 fully saturated rings. The first kappa shape index (κ1) is 15.9. The first-order chi connectivity index (χ1) is 10.7. The molecule has 1 aliphatic heterocycles. The van der Waals surface area contributed by atoms with Gasteiger partial charge in [-0.05, 0) is 12.1 Å². The van der Waals surface area contributed by atoms with Crippen molar-refractivity contribution in [3.05, 3.63) is 36.9 Å². The van der Waals surface area contributed by atoms with E-state index < -0.39 is 0 Å². The number of carbonyl (C=O) groups excluding carboxylic acids is 1. The summed E-state index contributed by atoms with van der Waals surface area (Å²) in [5.74, 6) is 1.50. The highest BCUT2D eigenvalue weighted by Crippen LogP contribution is 2.25. The van der Waals surface area contributed by atoms with E-state index in [4.69, 9.17) is 4.74 Å². The van der Waals surface area contributed by atoms with Crippen LogP contribution in [0.2, 0.25) is 0 Å². The lowest BCUT2D eigenvalue weighted by Crippen LogP contribution is -2.44. The fraction of sp³-hybridized carbons (Fsp3) is 0.375. The summed E-state index contributed by atoms with van der Waals surface area (Å²) in [5, 5.41) is 6.36. The molecular formula is C16H22N4O2. The zero-order valence-corrected chi connectivity index (χ0v) is 13.0. The van der Waals surface area contributed by atoms with Crippen LogP contribution in [-0.4, -0.2) is 45.2 Å². The van der Waals surface area contributed by atoms with Crippen LogP contribution < -0.4 is 20.3 Å². The highest BCUT2D eigenvalue weighted by atomic mass is 16.5. The van der Waals surface area contributed by atoms with E-state index in [1.807, 2.05) is 24.3 Å². The molecule has 1 aromatic carbocycles. The maximum Gasteiger partial charge on any atom is 0.229 e. The molecule has 0 radical (unpaired) electrons. The van der Waals surface area contributed by atoms with Gasteiger partial charge in [-0.1, -0.05) is 12.1 Å². The molecule has 1 heterocycles. The molecule has 22 heavy (non-hydrogen) atoms. The normalized spacial score (nSPS) is 18.3. The van der Waals surface area contributed by atoms with Crippen LogP contribution >= 0.6 is 0 Å². The summed E-state index contributed by atoms with van der Waals surface area (Å²) >= 11 is 0. The summed E-state index contributed by atoms with van der Waals surface area (Å²) in [6.45, 7) is 4.88. The first-order valence-electron chi connectivity index (χ1n) is 7.20. The van der Waals surface area contributed by atoms with Crippen LogP contribution in [0.4, 0.5) is 5.69 Å². The van der Waals surface area contributed by atoms with Crippen molar-refractivity contribution < 1.29 is 9.53 Å². The van der Waals surface area contributed by atoms with Gasteiger partial charge in [-0.3, -0.25) is 9.79 Å². The number of methoxy groups -OCH3 is 1. The summed E-state index contributed by atoms with van der Waals surface area (Å²) in [4.78, 5) is 18.1. The molecule has 2 N–H and O–H groups in total. The first-order valence-corrected chi connectivity index (χ1v) is 7.20. The molecular weight excluding hydrogens is 280 g/mol. The smallest absolute Gasteiger partial charge is 0.229 e. The second-order valence-electron chi connectivity index (χ2n) is 4.99. The Morgan fingerprint density at radius 2 is 2.41 bits per heavy atom. The quantitative estimate of drug-likeness (QED) is 0.486. The van der Waals surface area contributed by atoms with Gasteiger partial charge >= 0.3 is 0 Å². The van der Waals surface area contributed by atoms with Gasteiger partial charge in [0.2, 0.25) is 5.91 Å². The van der Waals surface area contributed by atoms with E-state index in [-0.39, 0.29) is 11.9 Å².